The van der Waals surface area contributed by atoms with E-state index in [1.165, 1.54) is 39.2 Å². The highest BCUT2D eigenvalue weighted by molar-refractivity contribution is 5.80. The molecule has 1 atom stereocenters. The maximum atomic E-state index is 11.7. The molecule has 1 fully saturated rings. The molecule has 0 saturated heterocycles. The van der Waals surface area contributed by atoms with E-state index in [4.69, 9.17) is 9.47 Å². The van der Waals surface area contributed by atoms with Crippen LogP contribution in [0.25, 0.3) is 0 Å². The predicted octanol–water partition coefficient (Wildman–Crippen LogP) is 2.90. The highest BCUT2D eigenvalue weighted by Gasteiger charge is 2.31. The first-order valence-corrected chi connectivity index (χ1v) is 7.97. The number of hydrogen-bond acceptors (Lipinski definition) is 4. The minimum absolute atomic E-state index is 0.192. The molecule has 0 aromatic heterocycles. The first kappa shape index (κ1) is 17.4. The zero-order valence-electron chi connectivity index (χ0n) is 13.4. The Morgan fingerprint density at radius 3 is 2.55 bits per heavy atom. The zero-order chi connectivity index (χ0) is 14.8. The fourth-order valence-corrected chi connectivity index (χ4v) is 2.84. The van der Waals surface area contributed by atoms with Gasteiger partial charge in [0, 0.05) is 13.2 Å². The standard InChI is InChI=1S/C16H31NO3/c1-16(17-2,15(18)19-3)11-7-8-12-20-13-14-9-5-4-6-10-14/h14,17H,4-13H2,1-3H3. The van der Waals surface area contributed by atoms with Crippen LogP contribution in [0.3, 0.4) is 0 Å². The molecule has 4 heteroatoms. The summed E-state index contributed by atoms with van der Waals surface area (Å²) in [7, 11) is 3.24. The smallest absolute Gasteiger partial charge is 0.325 e. The molecule has 0 spiro atoms. The second kappa shape index (κ2) is 9.35. The van der Waals surface area contributed by atoms with E-state index in [-0.39, 0.29) is 5.97 Å². The van der Waals surface area contributed by atoms with E-state index in [9.17, 15) is 4.79 Å². The minimum atomic E-state index is -0.571. The van der Waals surface area contributed by atoms with Gasteiger partial charge in [0.2, 0.25) is 0 Å². The van der Waals surface area contributed by atoms with Crippen LogP contribution in [-0.4, -0.2) is 38.9 Å². The molecular weight excluding hydrogens is 254 g/mol. The highest BCUT2D eigenvalue weighted by atomic mass is 16.5. The Bertz CT molecular complexity index is 277. The molecule has 1 rings (SSSR count). The summed E-state index contributed by atoms with van der Waals surface area (Å²) in [6.07, 6.45) is 9.55. The summed E-state index contributed by atoms with van der Waals surface area (Å²) in [5.41, 5.74) is -0.571. The molecule has 0 aromatic carbocycles. The number of methoxy groups -OCH3 is 1. The third-order valence-corrected chi connectivity index (χ3v) is 4.48. The van der Waals surface area contributed by atoms with Crippen LogP contribution in [0, 0.1) is 5.92 Å². The van der Waals surface area contributed by atoms with Gasteiger partial charge in [-0.3, -0.25) is 4.79 Å². The Labute approximate surface area is 123 Å². The Hall–Kier alpha value is -0.610. The topological polar surface area (TPSA) is 47.6 Å². The third kappa shape index (κ3) is 5.80. The number of likely N-dealkylation sites (N-methyl/N-ethyl adjacent to an activating group) is 1. The number of hydrogen-bond donors (Lipinski definition) is 1. The molecule has 4 nitrogen and oxygen atoms in total. The fraction of sp³-hybridized carbons (Fsp3) is 0.938. The Morgan fingerprint density at radius 1 is 1.25 bits per heavy atom. The molecule has 1 aliphatic rings. The molecule has 1 saturated carbocycles. The molecule has 0 bridgehead atoms. The number of carbonyl (C=O) groups is 1. The number of nitrogens with one attached hydrogen (secondary N) is 1. The monoisotopic (exact) mass is 285 g/mol. The number of esters is 1. The van der Waals surface area contributed by atoms with Crippen LogP contribution in [0.4, 0.5) is 0 Å². The van der Waals surface area contributed by atoms with Crippen LogP contribution in [0.5, 0.6) is 0 Å². The van der Waals surface area contributed by atoms with Gasteiger partial charge in [0.1, 0.15) is 5.54 Å². The molecule has 1 aliphatic carbocycles. The van der Waals surface area contributed by atoms with Crippen molar-refractivity contribution in [3.05, 3.63) is 0 Å². The normalized spacial score (nSPS) is 19.6. The summed E-state index contributed by atoms with van der Waals surface area (Å²) >= 11 is 0. The average Bonchev–Trinajstić information content (AvgIpc) is 2.50. The summed E-state index contributed by atoms with van der Waals surface area (Å²) in [6, 6.07) is 0. The lowest BCUT2D eigenvalue weighted by Gasteiger charge is -2.26. The van der Waals surface area contributed by atoms with E-state index in [2.05, 4.69) is 5.32 Å². The molecular formula is C16H31NO3. The van der Waals surface area contributed by atoms with Crippen molar-refractivity contribution in [3.8, 4) is 0 Å². The van der Waals surface area contributed by atoms with Crippen molar-refractivity contribution in [2.24, 2.45) is 5.92 Å². The summed E-state index contributed by atoms with van der Waals surface area (Å²) in [4.78, 5) is 11.7. The number of rotatable bonds is 9. The van der Waals surface area contributed by atoms with Crippen molar-refractivity contribution in [3.63, 3.8) is 0 Å². The number of carbonyl (C=O) groups excluding carboxylic acids is 1. The van der Waals surface area contributed by atoms with Crippen LogP contribution in [0.15, 0.2) is 0 Å². The molecule has 0 radical (unpaired) electrons. The summed E-state index contributed by atoms with van der Waals surface area (Å²) in [5.74, 6) is 0.588. The maximum Gasteiger partial charge on any atom is 0.325 e. The average molecular weight is 285 g/mol. The first-order valence-electron chi connectivity index (χ1n) is 7.97. The Morgan fingerprint density at radius 2 is 1.95 bits per heavy atom. The van der Waals surface area contributed by atoms with E-state index in [1.807, 2.05) is 6.92 Å². The van der Waals surface area contributed by atoms with Gasteiger partial charge >= 0.3 is 5.97 Å². The van der Waals surface area contributed by atoms with Crippen molar-refractivity contribution in [2.45, 2.75) is 63.8 Å². The van der Waals surface area contributed by atoms with Crippen molar-refractivity contribution >= 4 is 5.97 Å². The second-order valence-electron chi connectivity index (χ2n) is 6.11. The molecule has 1 N–H and O–H groups in total. The van der Waals surface area contributed by atoms with E-state index in [0.717, 1.165) is 38.4 Å². The SMILES string of the molecule is CNC(C)(CCCCOCC1CCCCC1)C(=O)OC. The molecule has 0 amide bonds. The maximum absolute atomic E-state index is 11.7. The molecule has 0 aromatic rings. The van der Waals surface area contributed by atoms with Gasteiger partial charge in [0.05, 0.1) is 7.11 Å². The van der Waals surface area contributed by atoms with Crippen molar-refractivity contribution in [1.29, 1.82) is 0 Å². The Kier molecular flexibility index (Phi) is 8.15. The number of unbranched alkanes of at least 4 members (excludes halogenated alkanes) is 1. The lowest BCUT2D eigenvalue weighted by molar-refractivity contribution is -0.148. The highest BCUT2D eigenvalue weighted by Crippen LogP contribution is 2.23. The van der Waals surface area contributed by atoms with Gasteiger partial charge in [-0.2, -0.15) is 0 Å². The molecule has 0 aliphatic heterocycles. The summed E-state index contributed by atoms with van der Waals surface area (Å²) in [6.45, 7) is 3.61. The minimum Gasteiger partial charge on any atom is -0.468 e. The van der Waals surface area contributed by atoms with Crippen molar-refractivity contribution in [2.75, 3.05) is 27.4 Å². The quantitative estimate of drug-likeness (QED) is 0.523. The summed E-state index contributed by atoms with van der Waals surface area (Å²) < 4.78 is 10.6. The van der Waals surface area contributed by atoms with Crippen LogP contribution in [0.2, 0.25) is 0 Å². The molecule has 1 unspecified atom stereocenters. The fourth-order valence-electron chi connectivity index (χ4n) is 2.84. The van der Waals surface area contributed by atoms with E-state index >= 15 is 0 Å². The van der Waals surface area contributed by atoms with E-state index < -0.39 is 5.54 Å². The van der Waals surface area contributed by atoms with Crippen LogP contribution in [0.1, 0.15) is 58.3 Å². The largest absolute Gasteiger partial charge is 0.468 e. The van der Waals surface area contributed by atoms with Gasteiger partial charge < -0.3 is 14.8 Å². The van der Waals surface area contributed by atoms with Gasteiger partial charge in [0.15, 0.2) is 0 Å². The molecule has 20 heavy (non-hydrogen) atoms. The van der Waals surface area contributed by atoms with Crippen molar-refractivity contribution < 1.29 is 14.3 Å². The predicted molar refractivity (Wildman–Crippen MR) is 80.7 cm³/mol. The lowest BCUT2D eigenvalue weighted by Crippen LogP contribution is -2.48. The van der Waals surface area contributed by atoms with Gasteiger partial charge in [-0.1, -0.05) is 19.3 Å². The van der Waals surface area contributed by atoms with Crippen LogP contribution >= 0.6 is 0 Å². The third-order valence-electron chi connectivity index (χ3n) is 4.48. The van der Waals surface area contributed by atoms with Gasteiger partial charge in [-0.25, -0.2) is 0 Å². The number of ether oxygens (including phenoxy) is 2. The van der Waals surface area contributed by atoms with Crippen LogP contribution < -0.4 is 5.32 Å². The first-order chi connectivity index (χ1) is 9.62. The second-order valence-corrected chi connectivity index (χ2v) is 6.11. The molecule has 118 valence electrons. The zero-order valence-corrected chi connectivity index (χ0v) is 13.4. The van der Waals surface area contributed by atoms with Gasteiger partial charge in [-0.15, -0.1) is 0 Å². The van der Waals surface area contributed by atoms with E-state index in [1.54, 1.807) is 7.05 Å². The van der Waals surface area contributed by atoms with Crippen molar-refractivity contribution in [1.82, 2.24) is 5.32 Å². The van der Waals surface area contributed by atoms with Gasteiger partial charge in [-0.05, 0) is 52.0 Å². The lowest BCUT2D eigenvalue weighted by atomic mass is 9.90. The van der Waals surface area contributed by atoms with E-state index in [0.29, 0.717) is 0 Å². The van der Waals surface area contributed by atoms with Gasteiger partial charge in [0.25, 0.3) is 0 Å². The molecule has 0 heterocycles. The summed E-state index contributed by atoms with van der Waals surface area (Å²) in [5, 5.41) is 3.06. The van der Waals surface area contributed by atoms with Crippen LogP contribution in [-0.2, 0) is 14.3 Å². The Balaban J connectivity index is 2.07.